The fourth-order valence-corrected chi connectivity index (χ4v) is 6.52. The van der Waals surface area contributed by atoms with Gasteiger partial charge in [0.15, 0.2) is 0 Å². The van der Waals surface area contributed by atoms with Crippen LogP contribution in [0.1, 0.15) is 36.8 Å². The van der Waals surface area contributed by atoms with Gasteiger partial charge in [0.25, 0.3) is 0 Å². The number of sulfonamides is 1. The lowest BCUT2D eigenvalue weighted by molar-refractivity contribution is -0.120. The maximum absolute atomic E-state index is 13.0. The number of pyridine rings is 1. The summed E-state index contributed by atoms with van der Waals surface area (Å²) in [6, 6.07) is 15.0. The molecule has 1 aromatic heterocycles. The average Bonchev–Trinajstić information content (AvgIpc) is 3.42. The van der Waals surface area contributed by atoms with Crippen molar-refractivity contribution < 1.29 is 13.2 Å². The molecule has 2 aliphatic rings. The molecule has 0 aliphatic carbocycles. The summed E-state index contributed by atoms with van der Waals surface area (Å²) in [7, 11) is -3.46. The maximum atomic E-state index is 13.0. The predicted molar refractivity (Wildman–Crippen MR) is 139 cm³/mol. The van der Waals surface area contributed by atoms with Gasteiger partial charge in [0, 0.05) is 37.3 Å². The van der Waals surface area contributed by atoms with Crippen molar-refractivity contribution in [3.8, 4) is 0 Å². The third kappa shape index (κ3) is 4.90. The first-order valence-electron chi connectivity index (χ1n) is 12.4. The molecule has 1 N–H and O–H groups in total. The van der Waals surface area contributed by atoms with Crippen molar-refractivity contribution in [1.29, 1.82) is 0 Å². The molecule has 2 saturated heterocycles. The van der Waals surface area contributed by atoms with E-state index in [-0.39, 0.29) is 11.8 Å². The number of carbonyl (C=O) groups is 1. The summed E-state index contributed by atoms with van der Waals surface area (Å²) in [6.45, 7) is 6.73. The number of nitrogens with zero attached hydrogens (tertiary/aromatic N) is 3. The normalized spacial score (nSPS) is 19.3. The van der Waals surface area contributed by atoms with Gasteiger partial charge < -0.3 is 10.2 Å². The van der Waals surface area contributed by atoms with Crippen LogP contribution in [0.5, 0.6) is 0 Å². The van der Waals surface area contributed by atoms with E-state index in [0.29, 0.717) is 24.5 Å². The molecule has 1 amide bonds. The number of nitrogens with one attached hydrogen (secondary N) is 1. The van der Waals surface area contributed by atoms with E-state index in [0.717, 1.165) is 60.2 Å². The van der Waals surface area contributed by atoms with E-state index in [9.17, 15) is 13.2 Å². The Morgan fingerprint density at radius 2 is 1.74 bits per heavy atom. The van der Waals surface area contributed by atoms with Crippen molar-refractivity contribution in [2.45, 2.75) is 44.4 Å². The minimum atomic E-state index is -3.46. The molecule has 5 rings (SSSR count). The summed E-state index contributed by atoms with van der Waals surface area (Å²) in [5.41, 5.74) is 3.95. The second-order valence-electron chi connectivity index (χ2n) is 9.71. The molecule has 3 heterocycles. The molecule has 1 atom stereocenters. The zero-order valence-electron chi connectivity index (χ0n) is 20.3. The number of hydrogen-bond donors (Lipinski definition) is 1. The van der Waals surface area contributed by atoms with Crippen LogP contribution in [0, 0.1) is 19.8 Å². The Bertz CT molecular complexity index is 1370. The summed E-state index contributed by atoms with van der Waals surface area (Å²) in [5, 5.41) is 3.88. The molecular formula is C27H32N4O3S. The van der Waals surface area contributed by atoms with E-state index in [1.807, 2.05) is 37.3 Å². The number of aromatic nitrogens is 1. The number of benzene rings is 2. The highest BCUT2D eigenvalue weighted by Crippen LogP contribution is 2.28. The third-order valence-corrected chi connectivity index (χ3v) is 9.13. The SMILES string of the molecule is Cc1ccc(NC(=O)C2CCCN(c3ccc4cc(S(=O)(=O)N5CCCC5)ccc4n3)C2)cc1C. The molecular weight excluding hydrogens is 460 g/mol. The first-order chi connectivity index (χ1) is 16.8. The van der Waals surface area contributed by atoms with Gasteiger partial charge in [0.05, 0.1) is 16.3 Å². The molecule has 2 fully saturated rings. The second kappa shape index (κ2) is 9.59. The van der Waals surface area contributed by atoms with Crippen molar-refractivity contribution in [3.63, 3.8) is 0 Å². The van der Waals surface area contributed by atoms with Crippen LogP contribution in [0.2, 0.25) is 0 Å². The van der Waals surface area contributed by atoms with Crippen LogP contribution in [0.4, 0.5) is 11.5 Å². The lowest BCUT2D eigenvalue weighted by Gasteiger charge is -2.33. The third-order valence-electron chi connectivity index (χ3n) is 7.24. The quantitative estimate of drug-likeness (QED) is 0.567. The van der Waals surface area contributed by atoms with Crippen molar-refractivity contribution >= 4 is 38.3 Å². The summed E-state index contributed by atoms with van der Waals surface area (Å²) in [6.07, 6.45) is 3.59. The molecule has 0 bridgehead atoms. The molecule has 3 aromatic rings. The Hall–Kier alpha value is -2.97. The smallest absolute Gasteiger partial charge is 0.243 e. The predicted octanol–water partition coefficient (Wildman–Crippen LogP) is 4.49. The minimum absolute atomic E-state index is 0.0375. The first-order valence-corrected chi connectivity index (χ1v) is 13.8. The van der Waals surface area contributed by atoms with Crippen molar-refractivity contribution in [2.24, 2.45) is 5.92 Å². The first kappa shape index (κ1) is 23.8. The number of aryl methyl sites for hydroxylation is 2. The molecule has 0 spiro atoms. The Balaban J connectivity index is 1.31. The van der Waals surface area contributed by atoms with Crippen LogP contribution >= 0.6 is 0 Å². The largest absolute Gasteiger partial charge is 0.356 e. The summed E-state index contributed by atoms with van der Waals surface area (Å²) in [4.78, 5) is 20.3. The van der Waals surface area contributed by atoms with Crippen molar-refractivity contribution in [3.05, 3.63) is 59.7 Å². The van der Waals surface area contributed by atoms with Gasteiger partial charge in [-0.05, 0) is 93.1 Å². The molecule has 0 radical (unpaired) electrons. The number of hydrogen-bond acceptors (Lipinski definition) is 5. The number of rotatable bonds is 5. The Morgan fingerprint density at radius 3 is 2.51 bits per heavy atom. The topological polar surface area (TPSA) is 82.6 Å². The van der Waals surface area contributed by atoms with Crippen molar-refractivity contribution in [2.75, 3.05) is 36.4 Å². The number of fused-ring (bicyclic) bond motifs is 1. The molecule has 7 nitrogen and oxygen atoms in total. The zero-order chi connectivity index (χ0) is 24.6. The van der Waals surface area contributed by atoms with Crippen LogP contribution in [0.15, 0.2) is 53.4 Å². The highest BCUT2D eigenvalue weighted by Gasteiger charge is 2.28. The van der Waals surface area contributed by atoms with E-state index in [1.54, 1.807) is 22.5 Å². The van der Waals surface area contributed by atoms with Gasteiger partial charge in [-0.25, -0.2) is 13.4 Å². The lowest BCUT2D eigenvalue weighted by atomic mass is 9.96. The highest BCUT2D eigenvalue weighted by atomic mass is 32.2. The van der Waals surface area contributed by atoms with Gasteiger partial charge in [-0.1, -0.05) is 6.07 Å². The summed E-state index contributed by atoms with van der Waals surface area (Å²) < 4.78 is 27.4. The van der Waals surface area contributed by atoms with E-state index in [2.05, 4.69) is 17.1 Å². The summed E-state index contributed by atoms with van der Waals surface area (Å²) >= 11 is 0. The lowest BCUT2D eigenvalue weighted by Crippen LogP contribution is -2.41. The van der Waals surface area contributed by atoms with Gasteiger partial charge in [-0.3, -0.25) is 4.79 Å². The number of anilines is 2. The standard InChI is InChI=1S/C27H32N4O3S/c1-19-7-9-23(16-20(19)2)28-27(32)22-6-5-13-30(18-22)26-12-8-21-17-24(10-11-25(21)29-26)35(33,34)31-14-3-4-15-31/h7-12,16-17,22H,3-6,13-15,18H2,1-2H3,(H,28,32). The summed E-state index contributed by atoms with van der Waals surface area (Å²) in [5.74, 6) is 0.739. The van der Waals surface area contributed by atoms with Crippen LogP contribution in [-0.2, 0) is 14.8 Å². The van der Waals surface area contributed by atoms with Gasteiger partial charge in [-0.15, -0.1) is 0 Å². The van der Waals surface area contributed by atoms with E-state index in [1.165, 1.54) is 5.56 Å². The van der Waals surface area contributed by atoms with Crippen molar-refractivity contribution in [1.82, 2.24) is 9.29 Å². The minimum Gasteiger partial charge on any atom is -0.356 e. The molecule has 35 heavy (non-hydrogen) atoms. The second-order valence-corrected chi connectivity index (χ2v) is 11.6. The Labute approximate surface area is 207 Å². The van der Waals surface area contributed by atoms with Crippen LogP contribution in [0.25, 0.3) is 10.9 Å². The number of amides is 1. The van der Waals surface area contributed by atoms with E-state index < -0.39 is 10.0 Å². The molecule has 2 aromatic carbocycles. The van der Waals surface area contributed by atoms with Gasteiger partial charge >= 0.3 is 0 Å². The van der Waals surface area contributed by atoms with Gasteiger partial charge in [0.1, 0.15) is 5.82 Å². The molecule has 8 heteroatoms. The Kier molecular flexibility index (Phi) is 6.51. The molecule has 1 unspecified atom stereocenters. The van der Waals surface area contributed by atoms with E-state index in [4.69, 9.17) is 4.98 Å². The van der Waals surface area contributed by atoms with Gasteiger partial charge in [0.2, 0.25) is 15.9 Å². The maximum Gasteiger partial charge on any atom is 0.243 e. The molecule has 184 valence electrons. The fourth-order valence-electron chi connectivity index (χ4n) is 4.97. The van der Waals surface area contributed by atoms with Crippen LogP contribution in [-0.4, -0.2) is 49.8 Å². The average molecular weight is 493 g/mol. The molecule has 0 saturated carbocycles. The zero-order valence-corrected chi connectivity index (χ0v) is 21.1. The fraction of sp³-hybridized carbons (Fsp3) is 0.407. The van der Waals surface area contributed by atoms with Crippen LogP contribution < -0.4 is 10.2 Å². The van der Waals surface area contributed by atoms with Gasteiger partial charge in [-0.2, -0.15) is 4.31 Å². The number of piperidine rings is 1. The molecule has 2 aliphatic heterocycles. The highest BCUT2D eigenvalue weighted by molar-refractivity contribution is 7.89. The Morgan fingerprint density at radius 1 is 0.943 bits per heavy atom. The monoisotopic (exact) mass is 492 g/mol. The van der Waals surface area contributed by atoms with Crippen LogP contribution in [0.3, 0.4) is 0 Å². The van der Waals surface area contributed by atoms with E-state index >= 15 is 0 Å². The number of carbonyl (C=O) groups excluding carboxylic acids is 1.